The van der Waals surface area contributed by atoms with Crippen molar-refractivity contribution in [3.05, 3.63) is 20.8 Å². The van der Waals surface area contributed by atoms with E-state index in [1.54, 1.807) is 11.3 Å². The molecule has 1 aliphatic rings. The minimum absolute atomic E-state index is 0.187. The number of nitrogens with one attached hydrogen (secondary N) is 3. The number of aliphatic imine (C=N–C) groups is 1. The Kier molecular flexibility index (Phi) is 7.18. The predicted molar refractivity (Wildman–Crippen MR) is 95.4 cm³/mol. The summed E-state index contributed by atoms with van der Waals surface area (Å²) in [5.41, 5.74) is 0. The monoisotopic (exact) mass is 386 g/mol. The molecule has 0 saturated heterocycles. The number of halogens is 1. The number of guanidine groups is 1. The standard InChI is InChI=1S/C15H23BrN4OS/c1-2-17-15(19-8-7-12-5-6-13(16)22-12)20-10-9-18-14(21)11-3-4-11/h5-6,11H,2-4,7-10H2,1H3,(H,18,21)(H2,17,19,20). The van der Waals surface area contributed by atoms with Crippen molar-refractivity contribution >= 4 is 39.1 Å². The van der Waals surface area contributed by atoms with Gasteiger partial charge in [-0.2, -0.15) is 0 Å². The van der Waals surface area contributed by atoms with Crippen molar-refractivity contribution in [1.82, 2.24) is 16.0 Å². The number of amides is 1. The average molecular weight is 387 g/mol. The van der Waals surface area contributed by atoms with Gasteiger partial charge in [0, 0.05) is 43.4 Å². The van der Waals surface area contributed by atoms with E-state index in [0.29, 0.717) is 13.1 Å². The fraction of sp³-hybridized carbons (Fsp3) is 0.600. The Morgan fingerprint density at radius 2 is 2.09 bits per heavy atom. The first-order chi connectivity index (χ1) is 10.7. The molecular weight excluding hydrogens is 364 g/mol. The lowest BCUT2D eigenvalue weighted by Gasteiger charge is -2.11. The maximum atomic E-state index is 11.5. The van der Waals surface area contributed by atoms with Gasteiger partial charge in [0.2, 0.25) is 5.91 Å². The number of carbonyl (C=O) groups is 1. The second-order valence-corrected chi connectivity index (χ2v) is 7.76. The van der Waals surface area contributed by atoms with Crippen LogP contribution in [0.25, 0.3) is 0 Å². The molecule has 22 heavy (non-hydrogen) atoms. The second kappa shape index (κ2) is 9.15. The van der Waals surface area contributed by atoms with E-state index in [1.807, 2.05) is 6.92 Å². The topological polar surface area (TPSA) is 65.5 Å². The second-order valence-electron chi connectivity index (χ2n) is 5.21. The maximum Gasteiger partial charge on any atom is 0.223 e. The summed E-state index contributed by atoms with van der Waals surface area (Å²) in [6.45, 7) is 4.94. The van der Waals surface area contributed by atoms with Crippen LogP contribution in [0.1, 0.15) is 24.6 Å². The number of hydrogen-bond donors (Lipinski definition) is 3. The summed E-state index contributed by atoms with van der Waals surface area (Å²) < 4.78 is 1.16. The van der Waals surface area contributed by atoms with E-state index in [0.717, 1.165) is 42.1 Å². The van der Waals surface area contributed by atoms with Gasteiger partial charge in [-0.25, -0.2) is 0 Å². The van der Waals surface area contributed by atoms with Crippen LogP contribution in [0.4, 0.5) is 0 Å². The van der Waals surface area contributed by atoms with Crippen LogP contribution in [0.15, 0.2) is 20.9 Å². The summed E-state index contributed by atoms with van der Waals surface area (Å²) in [4.78, 5) is 17.4. The smallest absolute Gasteiger partial charge is 0.223 e. The lowest BCUT2D eigenvalue weighted by atomic mass is 10.3. The van der Waals surface area contributed by atoms with Gasteiger partial charge in [0.05, 0.1) is 3.79 Å². The molecule has 1 fully saturated rings. The van der Waals surface area contributed by atoms with Gasteiger partial charge in [0.25, 0.3) is 0 Å². The third-order valence-electron chi connectivity index (χ3n) is 3.27. The molecule has 0 aromatic carbocycles. The quantitative estimate of drug-likeness (QED) is 0.364. The van der Waals surface area contributed by atoms with Crippen LogP contribution in [0.2, 0.25) is 0 Å². The van der Waals surface area contributed by atoms with Gasteiger partial charge in [-0.05, 0) is 47.8 Å². The molecule has 5 nitrogen and oxygen atoms in total. The molecule has 1 amide bonds. The van der Waals surface area contributed by atoms with Gasteiger partial charge in [-0.15, -0.1) is 11.3 Å². The molecule has 2 rings (SSSR count). The Hall–Kier alpha value is -1.08. The zero-order chi connectivity index (χ0) is 15.8. The predicted octanol–water partition coefficient (Wildman–Crippen LogP) is 2.13. The Morgan fingerprint density at radius 1 is 1.32 bits per heavy atom. The Balaban J connectivity index is 1.66. The van der Waals surface area contributed by atoms with Crippen molar-refractivity contribution in [2.75, 3.05) is 26.2 Å². The van der Waals surface area contributed by atoms with Crippen LogP contribution >= 0.6 is 27.3 Å². The molecule has 1 aliphatic carbocycles. The van der Waals surface area contributed by atoms with E-state index in [4.69, 9.17) is 0 Å². The zero-order valence-corrected chi connectivity index (χ0v) is 15.2. The van der Waals surface area contributed by atoms with Crippen LogP contribution in [0, 0.1) is 5.92 Å². The number of nitrogens with zero attached hydrogens (tertiary/aromatic N) is 1. The van der Waals surface area contributed by atoms with E-state index >= 15 is 0 Å². The normalized spacial score (nSPS) is 14.7. The van der Waals surface area contributed by atoms with Gasteiger partial charge in [0.15, 0.2) is 5.96 Å². The lowest BCUT2D eigenvalue weighted by molar-refractivity contribution is -0.122. The van der Waals surface area contributed by atoms with Gasteiger partial charge < -0.3 is 16.0 Å². The van der Waals surface area contributed by atoms with Crippen LogP contribution in [-0.4, -0.2) is 38.0 Å². The Labute approximate surface area is 144 Å². The first-order valence-electron chi connectivity index (χ1n) is 7.73. The van der Waals surface area contributed by atoms with E-state index in [9.17, 15) is 4.79 Å². The van der Waals surface area contributed by atoms with Gasteiger partial charge in [-0.1, -0.05) is 0 Å². The average Bonchev–Trinajstić information content (AvgIpc) is 3.27. The highest BCUT2D eigenvalue weighted by molar-refractivity contribution is 9.11. The van der Waals surface area contributed by atoms with E-state index < -0.39 is 0 Å². The highest BCUT2D eigenvalue weighted by atomic mass is 79.9. The highest BCUT2D eigenvalue weighted by Gasteiger charge is 2.28. The highest BCUT2D eigenvalue weighted by Crippen LogP contribution is 2.28. The van der Waals surface area contributed by atoms with Crippen molar-refractivity contribution in [2.45, 2.75) is 26.2 Å². The number of thiophene rings is 1. The third-order valence-corrected chi connectivity index (χ3v) is 4.95. The summed E-state index contributed by atoms with van der Waals surface area (Å²) >= 11 is 5.21. The van der Waals surface area contributed by atoms with E-state index in [-0.39, 0.29) is 11.8 Å². The molecular formula is C15H23BrN4OS. The van der Waals surface area contributed by atoms with Crippen LogP contribution in [-0.2, 0) is 11.2 Å². The zero-order valence-electron chi connectivity index (χ0n) is 12.8. The molecule has 1 heterocycles. The number of hydrogen-bond acceptors (Lipinski definition) is 3. The minimum atomic E-state index is 0.187. The maximum absolute atomic E-state index is 11.5. The van der Waals surface area contributed by atoms with Crippen molar-refractivity contribution in [3.8, 4) is 0 Å². The van der Waals surface area contributed by atoms with Crippen LogP contribution in [0.5, 0.6) is 0 Å². The van der Waals surface area contributed by atoms with E-state index in [1.165, 1.54) is 4.88 Å². The molecule has 7 heteroatoms. The summed E-state index contributed by atoms with van der Waals surface area (Å²) in [7, 11) is 0. The van der Waals surface area contributed by atoms with Gasteiger partial charge in [0.1, 0.15) is 0 Å². The molecule has 3 N–H and O–H groups in total. The summed E-state index contributed by atoms with van der Waals surface area (Å²) in [6, 6.07) is 4.19. The van der Waals surface area contributed by atoms with E-state index in [2.05, 4.69) is 49.0 Å². The first-order valence-corrected chi connectivity index (χ1v) is 9.34. The molecule has 0 unspecified atom stereocenters. The number of rotatable bonds is 8. The SMILES string of the molecule is CCNC(=NCCc1ccc(Br)s1)NCCNC(=O)C1CC1. The molecule has 1 saturated carbocycles. The molecule has 0 radical (unpaired) electrons. The number of carbonyl (C=O) groups excluding carboxylic acids is 1. The summed E-state index contributed by atoms with van der Waals surface area (Å²) in [6.07, 6.45) is 3.02. The molecule has 0 aliphatic heterocycles. The van der Waals surface area contributed by atoms with Crippen molar-refractivity contribution < 1.29 is 4.79 Å². The lowest BCUT2D eigenvalue weighted by Crippen LogP contribution is -2.41. The van der Waals surface area contributed by atoms with Crippen molar-refractivity contribution in [2.24, 2.45) is 10.9 Å². The van der Waals surface area contributed by atoms with Crippen molar-refractivity contribution in [1.29, 1.82) is 0 Å². The first kappa shape index (κ1) is 17.3. The fourth-order valence-corrected chi connectivity index (χ4v) is 3.43. The molecule has 122 valence electrons. The molecule has 0 spiro atoms. The van der Waals surface area contributed by atoms with Crippen LogP contribution < -0.4 is 16.0 Å². The Bertz CT molecular complexity index is 513. The summed E-state index contributed by atoms with van der Waals surface area (Å²) in [5, 5.41) is 9.40. The van der Waals surface area contributed by atoms with Gasteiger partial charge >= 0.3 is 0 Å². The third kappa shape index (κ3) is 6.36. The summed E-state index contributed by atoms with van der Waals surface area (Å²) in [5.74, 6) is 1.26. The van der Waals surface area contributed by atoms with Crippen LogP contribution in [0.3, 0.4) is 0 Å². The molecule has 1 aromatic rings. The Morgan fingerprint density at radius 3 is 2.73 bits per heavy atom. The largest absolute Gasteiger partial charge is 0.357 e. The fourth-order valence-electron chi connectivity index (χ4n) is 1.96. The van der Waals surface area contributed by atoms with Crippen molar-refractivity contribution in [3.63, 3.8) is 0 Å². The van der Waals surface area contributed by atoms with Gasteiger partial charge in [-0.3, -0.25) is 9.79 Å². The molecule has 1 aromatic heterocycles. The molecule has 0 bridgehead atoms. The minimum Gasteiger partial charge on any atom is -0.357 e. The molecule has 0 atom stereocenters.